The maximum absolute atomic E-state index is 13.2. The average molecular weight is 361 g/mol. The molecule has 0 spiro atoms. The van der Waals surface area contributed by atoms with Crippen molar-refractivity contribution < 1.29 is 4.79 Å². The van der Waals surface area contributed by atoms with Gasteiger partial charge in [-0.05, 0) is 30.5 Å². The van der Waals surface area contributed by atoms with Gasteiger partial charge in [0.05, 0.1) is 5.56 Å². The summed E-state index contributed by atoms with van der Waals surface area (Å²) in [7, 11) is 0. The first kappa shape index (κ1) is 17.7. The van der Waals surface area contributed by atoms with Crippen molar-refractivity contribution in [3.8, 4) is 0 Å². The van der Waals surface area contributed by atoms with Crippen molar-refractivity contribution in [2.75, 3.05) is 18.4 Å². The molecule has 1 aliphatic rings. The molecule has 2 aromatic carbocycles. The first-order valence-corrected chi connectivity index (χ1v) is 9.80. The summed E-state index contributed by atoms with van der Waals surface area (Å²) in [5.41, 5.74) is 3.09. The summed E-state index contributed by atoms with van der Waals surface area (Å²) in [6, 6.07) is 18.8. The largest absolute Gasteiger partial charge is 0.380 e. The molecule has 1 unspecified atom stereocenters. The Hall–Kier alpha value is -2.75. The van der Waals surface area contributed by atoms with Crippen LogP contribution in [0.1, 0.15) is 30.6 Å². The van der Waals surface area contributed by atoms with E-state index in [0.29, 0.717) is 12.0 Å². The molecule has 0 saturated carbocycles. The normalized spacial score (nSPS) is 17.0. The van der Waals surface area contributed by atoms with E-state index >= 15 is 0 Å². The van der Waals surface area contributed by atoms with Crippen LogP contribution >= 0.6 is 0 Å². The fourth-order valence-electron chi connectivity index (χ4n) is 3.96. The Morgan fingerprint density at radius 1 is 1.11 bits per heavy atom. The zero-order valence-electron chi connectivity index (χ0n) is 16.1. The second-order valence-electron chi connectivity index (χ2n) is 7.85. The molecule has 1 atom stereocenters. The molecule has 2 heterocycles. The smallest absolute Gasteiger partial charge is 0.256 e. The number of anilines is 1. The quantitative estimate of drug-likeness (QED) is 0.720. The Morgan fingerprint density at radius 3 is 2.63 bits per heavy atom. The van der Waals surface area contributed by atoms with Crippen LogP contribution in [0.5, 0.6) is 0 Å². The standard InChI is InChI=1S/C23H27N3O/c1-17(2)14-26-16-21(20-10-6-7-11-22(20)26)23(27)25-13-12-19(15-25)24-18-8-4-3-5-9-18/h3-11,16-17,19,24H,12-15H2,1-2H3. The Labute approximate surface area is 160 Å². The van der Waals surface area contributed by atoms with Crippen LogP contribution < -0.4 is 5.32 Å². The van der Waals surface area contributed by atoms with Crippen LogP contribution in [0.2, 0.25) is 0 Å². The van der Waals surface area contributed by atoms with Gasteiger partial charge in [0.2, 0.25) is 0 Å². The fraction of sp³-hybridized carbons (Fsp3) is 0.348. The number of hydrogen-bond acceptors (Lipinski definition) is 2. The highest BCUT2D eigenvalue weighted by molar-refractivity contribution is 6.07. The predicted molar refractivity (Wildman–Crippen MR) is 111 cm³/mol. The van der Waals surface area contributed by atoms with Crippen LogP contribution in [0, 0.1) is 5.92 Å². The van der Waals surface area contributed by atoms with Crippen LogP contribution in [0.3, 0.4) is 0 Å². The SMILES string of the molecule is CC(C)Cn1cc(C(=O)N2CCC(Nc3ccccc3)C2)c2ccccc21. The number of hydrogen-bond donors (Lipinski definition) is 1. The van der Waals surface area contributed by atoms with E-state index in [1.165, 1.54) is 0 Å². The van der Waals surface area contributed by atoms with Gasteiger partial charge in [0.1, 0.15) is 0 Å². The lowest BCUT2D eigenvalue weighted by Gasteiger charge is -2.17. The van der Waals surface area contributed by atoms with Gasteiger partial charge in [-0.1, -0.05) is 50.2 Å². The number of rotatable bonds is 5. The lowest BCUT2D eigenvalue weighted by Crippen LogP contribution is -2.31. The van der Waals surface area contributed by atoms with Crippen molar-refractivity contribution in [3.05, 3.63) is 66.4 Å². The molecule has 0 aliphatic carbocycles. The van der Waals surface area contributed by atoms with Gasteiger partial charge in [0.15, 0.2) is 0 Å². The van der Waals surface area contributed by atoms with E-state index in [1.807, 2.05) is 41.4 Å². The van der Waals surface area contributed by atoms with E-state index in [0.717, 1.165) is 48.2 Å². The van der Waals surface area contributed by atoms with Crippen molar-refractivity contribution in [2.45, 2.75) is 32.9 Å². The second kappa shape index (κ2) is 7.47. The molecule has 4 rings (SSSR count). The highest BCUT2D eigenvalue weighted by Gasteiger charge is 2.28. The molecule has 0 radical (unpaired) electrons. The number of likely N-dealkylation sites (tertiary alicyclic amines) is 1. The highest BCUT2D eigenvalue weighted by atomic mass is 16.2. The van der Waals surface area contributed by atoms with Crippen LogP contribution in [-0.4, -0.2) is 34.5 Å². The number of benzene rings is 2. The molecule has 1 aliphatic heterocycles. The third-order valence-electron chi connectivity index (χ3n) is 5.20. The minimum atomic E-state index is 0.145. The van der Waals surface area contributed by atoms with Gasteiger partial charge >= 0.3 is 0 Å². The molecule has 27 heavy (non-hydrogen) atoms. The predicted octanol–water partition coefficient (Wildman–Crippen LogP) is 4.62. The number of carbonyl (C=O) groups excluding carboxylic acids is 1. The van der Waals surface area contributed by atoms with E-state index in [2.05, 4.69) is 48.0 Å². The van der Waals surface area contributed by atoms with Gasteiger partial charge < -0.3 is 14.8 Å². The molecule has 4 nitrogen and oxygen atoms in total. The number of nitrogens with zero attached hydrogens (tertiary/aromatic N) is 2. The van der Waals surface area contributed by atoms with Crippen molar-refractivity contribution in [1.82, 2.24) is 9.47 Å². The van der Waals surface area contributed by atoms with Crippen LogP contribution in [0.25, 0.3) is 10.9 Å². The first-order valence-electron chi connectivity index (χ1n) is 9.80. The Balaban J connectivity index is 1.53. The molecule has 1 aromatic heterocycles. The summed E-state index contributed by atoms with van der Waals surface area (Å²) in [5, 5.41) is 4.60. The summed E-state index contributed by atoms with van der Waals surface area (Å²) in [6.45, 7) is 6.88. The number of amides is 1. The maximum atomic E-state index is 13.2. The first-order chi connectivity index (χ1) is 13.1. The minimum absolute atomic E-state index is 0.145. The molecule has 3 aromatic rings. The number of carbonyl (C=O) groups is 1. The maximum Gasteiger partial charge on any atom is 0.256 e. The van der Waals surface area contributed by atoms with Crippen molar-refractivity contribution >= 4 is 22.5 Å². The van der Waals surface area contributed by atoms with Crippen molar-refractivity contribution in [1.29, 1.82) is 0 Å². The Bertz CT molecular complexity index is 929. The van der Waals surface area contributed by atoms with Crippen molar-refractivity contribution in [2.24, 2.45) is 5.92 Å². The van der Waals surface area contributed by atoms with Crippen LogP contribution in [-0.2, 0) is 6.54 Å². The van der Waals surface area contributed by atoms with Gasteiger partial charge in [-0.15, -0.1) is 0 Å². The van der Waals surface area contributed by atoms with E-state index in [-0.39, 0.29) is 5.91 Å². The molecule has 0 bridgehead atoms. The van der Waals surface area contributed by atoms with Gasteiger partial charge in [-0.3, -0.25) is 4.79 Å². The number of nitrogens with one attached hydrogen (secondary N) is 1. The molecule has 1 N–H and O–H groups in total. The third-order valence-corrected chi connectivity index (χ3v) is 5.20. The van der Waals surface area contributed by atoms with Gasteiger partial charge in [-0.2, -0.15) is 0 Å². The van der Waals surface area contributed by atoms with E-state index < -0.39 is 0 Å². The van der Waals surface area contributed by atoms with E-state index in [4.69, 9.17) is 0 Å². The third kappa shape index (κ3) is 3.70. The molecule has 140 valence electrons. The van der Waals surface area contributed by atoms with Crippen molar-refractivity contribution in [3.63, 3.8) is 0 Å². The summed E-state index contributed by atoms with van der Waals surface area (Å²) in [5.74, 6) is 0.682. The molecule has 1 fully saturated rings. The monoisotopic (exact) mass is 361 g/mol. The lowest BCUT2D eigenvalue weighted by molar-refractivity contribution is 0.0793. The fourth-order valence-corrected chi connectivity index (χ4v) is 3.96. The highest BCUT2D eigenvalue weighted by Crippen LogP contribution is 2.25. The summed E-state index contributed by atoms with van der Waals surface area (Å²) in [6.07, 6.45) is 3.02. The number of fused-ring (bicyclic) bond motifs is 1. The molecular weight excluding hydrogens is 334 g/mol. The molecule has 1 saturated heterocycles. The topological polar surface area (TPSA) is 37.3 Å². The zero-order chi connectivity index (χ0) is 18.8. The number of para-hydroxylation sites is 2. The van der Waals surface area contributed by atoms with Crippen LogP contribution in [0.4, 0.5) is 5.69 Å². The van der Waals surface area contributed by atoms with Gasteiger partial charge in [0, 0.05) is 48.5 Å². The minimum Gasteiger partial charge on any atom is -0.380 e. The molecular formula is C23H27N3O. The summed E-state index contributed by atoms with van der Waals surface area (Å²) >= 11 is 0. The zero-order valence-corrected chi connectivity index (χ0v) is 16.1. The van der Waals surface area contributed by atoms with Crippen LogP contribution in [0.15, 0.2) is 60.8 Å². The second-order valence-corrected chi connectivity index (χ2v) is 7.85. The van der Waals surface area contributed by atoms with E-state index in [1.54, 1.807) is 0 Å². The van der Waals surface area contributed by atoms with E-state index in [9.17, 15) is 4.79 Å². The summed E-state index contributed by atoms with van der Waals surface area (Å²) in [4.78, 5) is 15.2. The average Bonchev–Trinajstić information content (AvgIpc) is 3.27. The summed E-state index contributed by atoms with van der Waals surface area (Å²) < 4.78 is 2.23. The molecule has 1 amide bonds. The Kier molecular flexibility index (Phi) is 4.88. The molecule has 4 heteroatoms. The van der Waals surface area contributed by atoms with Gasteiger partial charge in [0.25, 0.3) is 5.91 Å². The Morgan fingerprint density at radius 2 is 1.85 bits per heavy atom. The van der Waals surface area contributed by atoms with Gasteiger partial charge in [-0.25, -0.2) is 0 Å². The lowest BCUT2D eigenvalue weighted by atomic mass is 10.1. The number of aromatic nitrogens is 1.